The van der Waals surface area contributed by atoms with Gasteiger partial charge in [0.15, 0.2) is 60.2 Å². The molecule has 1 saturated carbocycles. The van der Waals surface area contributed by atoms with Crippen LogP contribution in [0.5, 0.6) is 34.5 Å². The summed E-state index contributed by atoms with van der Waals surface area (Å²) in [4.78, 5) is 122. The smallest absolute Gasteiger partial charge is 0.394 e. The zero-order valence-electron chi connectivity index (χ0n) is 68.3. The van der Waals surface area contributed by atoms with Crippen LogP contribution in [0.1, 0.15) is 81.6 Å². The van der Waals surface area contributed by atoms with Crippen molar-refractivity contribution in [2.45, 2.75) is 124 Å². The van der Waals surface area contributed by atoms with Gasteiger partial charge in [-0.25, -0.2) is 28.8 Å². The zero-order valence-corrected chi connectivity index (χ0v) is 69.1. The number of nitrogens with zero attached hydrogens (tertiary/aromatic N) is 6. The molecule has 3 aliphatic rings. The van der Waals surface area contributed by atoms with Crippen molar-refractivity contribution in [2.75, 3.05) is 53.3 Å². The Bertz CT molecular complexity index is 5040. The third-order valence-corrected chi connectivity index (χ3v) is 19.1. The molecule has 14 N–H and O–H groups in total. The number of benzene rings is 3. The molecule has 3 fully saturated rings. The van der Waals surface area contributed by atoms with Crippen LogP contribution >= 0.6 is 0 Å². The first kappa shape index (κ1) is 97.9. The predicted octanol–water partition coefficient (Wildman–Crippen LogP) is 1.92. The van der Waals surface area contributed by atoms with Gasteiger partial charge in [0.05, 0.1) is 65.9 Å². The Morgan fingerprint density at radius 2 is 0.853 bits per heavy atom. The molecule has 44 heteroatoms. The first-order valence-electron chi connectivity index (χ1n) is 39.1. The van der Waals surface area contributed by atoms with E-state index in [9.17, 15) is 79.5 Å². The molecular formula is C85H89N7O36S. The van der Waals surface area contributed by atoms with Gasteiger partial charge in [-0.3, -0.25) is 43.8 Å². The Morgan fingerprint density at radius 1 is 0.473 bits per heavy atom. The number of phenols is 2. The van der Waals surface area contributed by atoms with E-state index < -0.39 is 174 Å². The maximum absolute atomic E-state index is 14.3. The number of carbonyl (C=O) groups excluding carboxylic acids is 6. The maximum Gasteiger partial charge on any atom is 0.394 e. The molecule has 2 saturated heterocycles. The zero-order chi connectivity index (χ0) is 93.0. The third-order valence-electron chi connectivity index (χ3n) is 19.1. The Kier molecular flexibility index (Phi) is 35.7. The van der Waals surface area contributed by atoms with Crippen LogP contribution < -0.4 is 29.7 Å². The lowest BCUT2D eigenvalue weighted by Gasteiger charge is -2.47. The first-order valence-corrected chi connectivity index (χ1v) is 40.5. The summed E-state index contributed by atoms with van der Waals surface area (Å²) >= 11 is 0. The van der Waals surface area contributed by atoms with E-state index in [0.29, 0.717) is 11.8 Å². The first-order chi connectivity index (χ1) is 61.9. The fourth-order valence-electron chi connectivity index (χ4n) is 12.7. The normalized spacial score (nSPS) is 22.4. The number of likely N-dealkylation sites (N-methyl/N-ethyl adjacent to an activating group) is 1. The second-order valence-corrected chi connectivity index (χ2v) is 29.0. The van der Waals surface area contributed by atoms with Gasteiger partial charge in [-0.15, -0.1) is 0 Å². The van der Waals surface area contributed by atoms with Crippen LogP contribution in [0.2, 0.25) is 0 Å². The highest BCUT2D eigenvalue weighted by Crippen LogP contribution is 2.42. The average molecular weight is 1820 g/mol. The van der Waals surface area contributed by atoms with Crippen molar-refractivity contribution in [1.29, 1.82) is 0 Å². The van der Waals surface area contributed by atoms with Crippen molar-refractivity contribution in [3.8, 4) is 45.8 Å². The fraction of sp³-hybridized carbons (Fsp3) is 0.329. The molecule has 0 radical (unpaired) electrons. The number of carbonyl (C=O) groups is 6. The Labute approximate surface area is 732 Å². The number of hydrogen-bond donors (Lipinski definition) is 14. The van der Waals surface area contributed by atoms with Crippen LogP contribution in [-0.2, 0) is 59.5 Å². The van der Waals surface area contributed by atoms with Crippen molar-refractivity contribution >= 4 is 57.2 Å². The average Bonchev–Trinajstić information content (AvgIpc) is 0.749. The van der Waals surface area contributed by atoms with Crippen LogP contribution in [0, 0.1) is 0 Å². The molecule has 7 aromatic heterocycles. The van der Waals surface area contributed by atoms with Gasteiger partial charge in [-0.2, -0.15) is 8.42 Å². The number of aromatic hydroxyl groups is 2. The van der Waals surface area contributed by atoms with Gasteiger partial charge in [-0.1, -0.05) is 12.1 Å². The van der Waals surface area contributed by atoms with Gasteiger partial charge in [0.25, 0.3) is 0 Å². The van der Waals surface area contributed by atoms with E-state index in [2.05, 4.69) is 42.1 Å². The number of hydrogen-bond acceptors (Lipinski definition) is 41. The Balaban J connectivity index is 0.000000228. The molecule has 129 heavy (non-hydrogen) atoms. The maximum atomic E-state index is 14.3. The molecule has 10 aromatic rings. The Hall–Kier alpha value is -13.3. The molecule has 11 atom stereocenters. The summed E-state index contributed by atoms with van der Waals surface area (Å²) in [5, 5.41) is 113. The topological polar surface area (TPSA) is 639 Å². The number of aliphatic hydroxyl groups excluding tert-OH is 9. The number of nitrogens with one attached hydrogen (secondary N) is 1. The number of ether oxygens (including phenoxy) is 13. The molecular weight excluding hydrogens is 1730 g/mol. The highest BCUT2D eigenvalue weighted by atomic mass is 32.3. The van der Waals surface area contributed by atoms with E-state index in [1.807, 2.05) is 19.2 Å². The van der Waals surface area contributed by atoms with E-state index in [-0.39, 0.29) is 106 Å². The SMILES string of the molecule is CNC(C)Cc1ccc(O)cc1.C[C@@H]1O[C@@H](OC[C@H]2O[C@@H](Oc3c(-c4ccc(OCCO)c(O)c4)oc4cc(OCCO)cc(OCCO)c4c3=O)[C@H](O)[C@@H](O)[C@H]2O)[C@H](O)[C@H](O)[C@@H]1O.O=C(OC1C(OC(=O)c2cccnc2)C(OC(=O)c2cccnc2)C(OC(=O)c2cccnc2)C(OC(=O)c2cccnc2)C1OC(=O)c1cccnc1)c1cccnc1.O=S(=O)(O)O. The standard InChI is InChI=1S/C42H30N6O12.C33H42O19.C10H15NO.H2O4S/c49-37(25-7-1-13-43-19-25)55-31-32(56-38(50)26-8-2-14-44-20-26)34(58-40(52)28-10-4-16-46-22-28)36(60-42(54)30-12-6-18-48-24-30)35(59-41(53)29-11-5-17-47-23-29)33(31)57-39(51)27-9-3-15-45-21-27;1-14-23(38)26(41)28(43)32(49-14)48-13-21-24(39)27(42)29(44)33(51-21)52-31-25(40)22-19(47-9-6-36)11-16(45-7-4-34)12-20(22)50-30(31)15-2-3-18(17(37)10-15)46-8-5-35;1-8(11-2)7-9-3-5-10(12)6-4-9;1-5(2,3)4/h1-24,31-36H;2-3,10-12,14,21,23-24,26-29,32-39,41-44H,4-9,13H2,1H3;3-6,8,11-12H,7H2,1-2H3;(H2,1,2,3,4)/t;14-,21+,23+,24-,26+,27-,28+,29+,32+,33-;;/m.0../s1. The van der Waals surface area contributed by atoms with Crippen LogP contribution in [0.4, 0.5) is 0 Å². The van der Waals surface area contributed by atoms with Crippen LogP contribution in [-0.4, -0.2) is 297 Å². The summed E-state index contributed by atoms with van der Waals surface area (Å²) in [6, 6.07) is 31.2. The van der Waals surface area contributed by atoms with Crippen LogP contribution in [0.25, 0.3) is 22.3 Å². The van der Waals surface area contributed by atoms with Crippen LogP contribution in [0.3, 0.4) is 0 Å². The third kappa shape index (κ3) is 26.9. The van der Waals surface area contributed by atoms with Gasteiger partial charge in [0.2, 0.25) is 17.5 Å². The highest BCUT2D eigenvalue weighted by molar-refractivity contribution is 7.79. The molecule has 0 bridgehead atoms. The molecule has 13 rings (SSSR count). The van der Waals surface area contributed by atoms with E-state index >= 15 is 0 Å². The summed E-state index contributed by atoms with van der Waals surface area (Å²) in [5.74, 6) is -7.59. The van der Waals surface area contributed by atoms with E-state index in [4.69, 9.17) is 93.7 Å². The molecule has 9 heterocycles. The van der Waals surface area contributed by atoms with E-state index in [1.165, 1.54) is 184 Å². The molecule has 2 aliphatic heterocycles. The van der Waals surface area contributed by atoms with Crippen molar-refractivity contribution in [3.05, 3.63) is 251 Å². The van der Waals surface area contributed by atoms with Gasteiger partial charge in [0, 0.05) is 98.1 Å². The van der Waals surface area contributed by atoms with E-state index in [0.717, 1.165) is 12.5 Å². The van der Waals surface area contributed by atoms with Crippen LogP contribution in [0.15, 0.2) is 211 Å². The monoisotopic (exact) mass is 1820 g/mol. The molecule has 43 nitrogen and oxygen atoms in total. The van der Waals surface area contributed by atoms with Crippen molar-refractivity contribution < 1.29 is 168 Å². The summed E-state index contributed by atoms with van der Waals surface area (Å²) in [6.45, 7) is 1.31. The number of aromatic nitrogens is 6. The summed E-state index contributed by atoms with van der Waals surface area (Å²) < 4.78 is 113. The summed E-state index contributed by atoms with van der Waals surface area (Å²) in [5.41, 5.74) is -0.403. The van der Waals surface area contributed by atoms with Gasteiger partial charge >= 0.3 is 46.2 Å². The minimum absolute atomic E-state index is 0.0164. The predicted molar refractivity (Wildman–Crippen MR) is 438 cm³/mol. The second-order valence-electron chi connectivity index (χ2n) is 28.1. The number of pyridine rings is 6. The largest absolute Gasteiger partial charge is 0.508 e. The van der Waals surface area contributed by atoms with Crippen molar-refractivity contribution in [1.82, 2.24) is 35.2 Å². The van der Waals surface area contributed by atoms with E-state index in [1.54, 1.807) is 12.1 Å². The summed E-state index contributed by atoms with van der Waals surface area (Å²) in [6.07, 6.45) is -11.8. The second kappa shape index (κ2) is 47.0. The molecule has 0 amide bonds. The number of esters is 6. The number of phenolic OH excluding ortho intramolecular Hbond substituents is 2. The lowest BCUT2D eigenvalue weighted by Crippen LogP contribution is -2.69. The summed E-state index contributed by atoms with van der Waals surface area (Å²) in [7, 11) is -2.72. The lowest BCUT2D eigenvalue weighted by molar-refractivity contribution is -0.318. The molecule has 1 unspecified atom stereocenters. The molecule has 0 spiro atoms. The molecule has 3 aromatic carbocycles. The molecule has 1 aliphatic carbocycles. The quantitative estimate of drug-likeness (QED) is 0.0174. The van der Waals surface area contributed by atoms with Crippen molar-refractivity contribution in [3.63, 3.8) is 0 Å². The van der Waals surface area contributed by atoms with Crippen molar-refractivity contribution in [2.24, 2.45) is 0 Å². The van der Waals surface area contributed by atoms with Gasteiger partial charge in [0.1, 0.15) is 90.8 Å². The Morgan fingerprint density at radius 3 is 1.22 bits per heavy atom. The number of rotatable bonds is 30. The number of aliphatic hydroxyl groups is 9. The number of fused-ring (bicyclic) bond motifs is 1. The minimum atomic E-state index is -4.67. The molecule has 686 valence electrons. The fourth-order valence-corrected chi connectivity index (χ4v) is 12.7. The van der Waals surface area contributed by atoms with Gasteiger partial charge in [-0.05, 0) is 136 Å². The minimum Gasteiger partial charge on any atom is -0.508 e. The van der Waals surface area contributed by atoms with Gasteiger partial charge < -0.3 is 127 Å². The highest BCUT2D eigenvalue weighted by Gasteiger charge is 2.62. The lowest BCUT2D eigenvalue weighted by atomic mass is 9.83.